The van der Waals surface area contributed by atoms with E-state index in [4.69, 9.17) is 0 Å². The van der Waals surface area contributed by atoms with Gasteiger partial charge in [-0.2, -0.15) is 0 Å². The minimum atomic E-state index is -0.430. The van der Waals surface area contributed by atoms with Crippen LogP contribution in [0.4, 0.5) is 11.5 Å². The maximum Gasteiger partial charge on any atom is 0.287 e. The van der Waals surface area contributed by atoms with Crippen LogP contribution >= 0.6 is 11.3 Å². The topological polar surface area (TPSA) is 68.1 Å². The third kappa shape index (κ3) is 3.08. The molecule has 1 atom stereocenters. The van der Waals surface area contributed by atoms with Gasteiger partial charge in [0, 0.05) is 10.9 Å². The van der Waals surface area contributed by atoms with Gasteiger partial charge in [-0.3, -0.25) is 10.1 Å². The molecule has 100 valence electrons. The standard InChI is InChI=1S/C13H15N3O2S/c1-3-11(12-5-4-6-19-12)15-13-9(2)7-10(8-14-13)16(17)18/h4-8,11H,3H2,1-2H3,(H,14,15). The van der Waals surface area contributed by atoms with E-state index in [1.807, 2.05) is 18.4 Å². The molecule has 0 bridgehead atoms. The highest BCUT2D eigenvalue weighted by Gasteiger charge is 2.14. The normalized spacial score (nSPS) is 12.1. The summed E-state index contributed by atoms with van der Waals surface area (Å²) in [5.41, 5.74) is 0.802. The minimum absolute atomic E-state index is 0.0206. The number of hydrogen-bond donors (Lipinski definition) is 1. The third-order valence-corrected chi connectivity index (χ3v) is 3.87. The van der Waals surface area contributed by atoms with Crippen molar-refractivity contribution in [2.45, 2.75) is 26.3 Å². The molecule has 0 radical (unpaired) electrons. The lowest BCUT2D eigenvalue weighted by molar-refractivity contribution is -0.385. The molecule has 0 saturated carbocycles. The molecule has 0 aliphatic heterocycles. The van der Waals surface area contributed by atoms with E-state index in [0.29, 0.717) is 5.82 Å². The molecule has 1 N–H and O–H groups in total. The quantitative estimate of drug-likeness (QED) is 0.664. The van der Waals surface area contributed by atoms with E-state index in [9.17, 15) is 10.1 Å². The van der Waals surface area contributed by atoms with Crippen molar-refractivity contribution in [1.82, 2.24) is 4.98 Å². The molecule has 6 heteroatoms. The number of aryl methyl sites for hydroxylation is 1. The van der Waals surface area contributed by atoms with E-state index >= 15 is 0 Å². The first-order valence-corrected chi connectivity index (χ1v) is 6.90. The predicted molar refractivity (Wildman–Crippen MR) is 76.6 cm³/mol. The van der Waals surface area contributed by atoms with Gasteiger partial charge in [0.25, 0.3) is 5.69 Å². The second-order valence-electron chi connectivity index (χ2n) is 4.24. The van der Waals surface area contributed by atoms with E-state index in [-0.39, 0.29) is 11.7 Å². The number of hydrogen-bond acceptors (Lipinski definition) is 5. The van der Waals surface area contributed by atoms with Gasteiger partial charge in [-0.15, -0.1) is 11.3 Å². The van der Waals surface area contributed by atoms with E-state index < -0.39 is 4.92 Å². The summed E-state index contributed by atoms with van der Waals surface area (Å²) in [6, 6.07) is 5.82. The fraction of sp³-hybridized carbons (Fsp3) is 0.308. The fourth-order valence-electron chi connectivity index (χ4n) is 1.84. The molecule has 0 spiro atoms. The van der Waals surface area contributed by atoms with Crippen LogP contribution in [0.15, 0.2) is 29.8 Å². The molecule has 19 heavy (non-hydrogen) atoms. The van der Waals surface area contributed by atoms with Crippen LogP contribution in [0.2, 0.25) is 0 Å². The van der Waals surface area contributed by atoms with Gasteiger partial charge in [-0.25, -0.2) is 4.98 Å². The molecular formula is C13H15N3O2S. The van der Waals surface area contributed by atoms with Crippen molar-refractivity contribution in [3.05, 3.63) is 50.3 Å². The summed E-state index contributed by atoms with van der Waals surface area (Å²) in [5.74, 6) is 0.700. The van der Waals surface area contributed by atoms with Gasteiger partial charge in [0.1, 0.15) is 12.0 Å². The summed E-state index contributed by atoms with van der Waals surface area (Å²) in [4.78, 5) is 15.6. The number of nitro groups is 1. The number of nitrogens with one attached hydrogen (secondary N) is 1. The summed E-state index contributed by atoms with van der Waals surface area (Å²) in [7, 11) is 0. The Balaban J connectivity index is 2.21. The van der Waals surface area contributed by atoms with Crippen LogP contribution < -0.4 is 5.32 Å². The van der Waals surface area contributed by atoms with Gasteiger partial charge in [-0.05, 0) is 30.4 Å². The predicted octanol–water partition coefficient (Wildman–Crippen LogP) is 3.92. The van der Waals surface area contributed by atoms with Crippen molar-refractivity contribution >= 4 is 22.8 Å². The molecule has 0 saturated heterocycles. The van der Waals surface area contributed by atoms with Crippen molar-refractivity contribution < 1.29 is 4.92 Å². The summed E-state index contributed by atoms with van der Waals surface area (Å²) in [6.45, 7) is 3.92. The van der Waals surface area contributed by atoms with Gasteiger partial charge in [-0.1, -0.05) is 13.0 Å². The third-order valence-electron chi connectivity index (χ3n) is 2.88. The summed E-state index contributed by atoms with van der Waals surface area (Å²) in [5, 5.41) is 16.1. The second-order valence-corrected chi connectivity index (χ2v) is 5.22. The number of anilines is 1. The number of pyridine rings is 1. The zero-order valence-corrected chi connectivity index (χ0v) is 11.6. The van der Waals surface area contributed by atoms with Gasteiger partial charge < -0.3 is 5.32 Å². The summed E-state index contributed by atoms with van der Waals surface area (Å²) < 4.78 is 0. The smallest absolute Gasteiger partial charge is 0.287 e. The molecule has 5 nitrogen and oxygen atoms in total. The maximum absolute atomic E-state index is 10.7. The van der Waals surface area contributed by atoms with Gasteiger partial charge in [0.2, 0.25) is 0 Å². The zero-order valence-electron chi connectivity index (χ0n) is 10.8. The molecule has 0 aliphatic rings. The Labute approximate surface area is 115 Å². The first-order valence-electron chi connectivity index (χ1n) is 6.02. The molecule has 2 rings (SSSR count). The van der Waals surface area contributed by atoms with Crippen molar-refractivity contribution in [3.63, 3.8) is 0 Å². The van der Waals surface area contributed by atoms with Crippen molar-refractivity contribution in [2.24, 2.45) is 0 Å². The highest BCUT2D eigenvalue weighted by atomic mass is 32.1. The molecule has 0 amide bonds. The molecule has 0 aromatic carbocycles. The molecule has 2 aromatic rings. The first kappa shape index (κ1) is 13.5. The first-order chi connectivity index (χ1) is 9.11. The Bertz CT molecular complexity index is 569. The lowest BCUT2D eigenvalue weighted by atomic mass is 10.1. The lowest BCUT2D eigenvalue weighted by Crippen LogP contribution is -2.10. The minimum Gasteiger partial charge on any atom is -0.362 e. The van der Waals surface area contributed by atoms with Crippen molar-refractivity contribution in [2.75, 3.05) is 5.32 Å². The maximum atomic E-state index is 10.7. The Kier molecular flexibility index (Phi) is 4.11. The lowest BCUT2D eigenvalue weighted by Gasteiger charge is -2.17. The van der Waals surface area contributed by atoms with Crippen molar-refractivity contribution in [3.8, 4) is 0 Å². The van der Waals surface area contributed by atoms with Crippen LogP contribution in [0.25, 0.3) is 0 Å². The molecule has 0 fully saturated rings. The second kappa shape index (κ2) is 5.79. The van der Waals surface area contributed by atoms with Crippen LogP contribution in [0.1, 0.15) is 29.8 Å². The Morgan fingerprint density at radius 2 is 2.37 bits per heavy atom. The summed E-state index contributed by atoms with van der Waals surface area (Å²) >= 11 is 1.69. The van der Waals surface area contributed by atoms with Crippen molar-refractivity contribution in [1.29, 1.82) is 0 Å². The highest BCUT2D eigenvalue weighted by molar-refractivity contribution is 7.10. The molecule has 2 aromatic heterocycles. The number of aromatic nitrogens is 1. The van der Waals surface area contributed by atoms with Crippen LogP contribution in [0, 0.1) is 17.0 Å². The van der Waals surface area contributed by atoms with Gasteiger partial charge >= 0.3 is 0 Å². The molecule has 2 heterocycles. The number of rotatable bonds is 5. The SMILES string of the molecule is CCC(Nc1ncc([N+](=O)[O-])cc1C)c1cccs1. The number of nitrogens with zero attached hydrogens (tertiary/aromatic N) is 2. The Morgan fingerprint density at radius 1 is 1.58 bits per heavy atom. The van der Waals surface area contributed by atoms with E-state index in [2.05, 4.69) is 23.3 Å². The van der Waals surface area contributed by atoms with Crippen LogP contribution in [0.3, 0.4) is 0 Å². The highest BCUT2D eigenvalue weighted by Crippen LogP contribution is 2.27. The van der Waals surface area contributed by atoms with Gasteiger partial charge in [0.05, 0.1) is 11.0 Å². The van der Waals surface area contributed by atoms with Gasteiger partial charge in [0.15, 0.2) is 0 Å². The van der Waals surface area contributed by atoms with Crippen LogP contribution in [-0.2, 0) is 0 Å². The average Bonchev–Trinajstić information content (AvgIpc) is 2.91. The average molecular weight is 277 g/mol. The molecular weight excluding hydrogens is 262 g/mol. The Hall–Kier alpha value is -1.95. The van der Waals surface area contributed by atoms with Crippen LogP contribution in [0.5, 0.6) is 0 Å². The summed E-state index contributed by atoms with van der Waals surface area (Å²) in [6.07, 6.45) is 2.22. The number of thiophene rings is 1. The van der Waals surface area contributed by atoms with E-state index in [0.717, 1.165) is 12.0 Å². The zero-order chi connectivity index (χ0) is 13.8. The monoisotopic (exact) mass is 277 g/mol. The largest absolute Gasteiger partial charge is 0.362 e. The Morgan fingerprint density at radius 3 is 2.89 bits per heavy atom. The van der Waals surface area contributed by atoms with E-state index in [1.165, 1.54) is 17.1 Å². The molecule has 1 unspecified atom stereocenters. The fourth-order valence-corrected chi connectivity index (χ4v) is 2.70. The van der Waals surface area contributed by atoms with Crippen LogP contribution in [-0.4, -0.2) is 9.91 Å². The molecule has 0 aliphatic carbocycles. The van der Waals surface area contributed by atoms with E-state index in [1.54, 1.807) is 11.3 Å².